The van der Waals surface area contributed by atoms with E-state index in [1.54, 1.807) is 29.7 Å². The highest BCUT2D eigenvalue weighted by Crippen LogP contribution is 2.22. The highest BCUT2D eigenvalue weighted by molar-refractivity contribution is 7.89. The first-order valence-corrected chi connectivity index (χ1v) is 12.5. The van der Waals surface area contributed by atoms with E-state index in [0.717, 1.165) is 4.31 Å². The van der Waals surface area contributed by atoms with Crippen LogP contribution >= 0.6 is 11.3 Å². The number of benzene rings is 2. The fourth-order valence-corrected chi connectivity index (χ4v) is 5.03. The summed E-state index contributed by atoms with van der Waals surface area (Å²) in [5.74, 6) is -1.31. The number of rotatable bonds is 7. The number of nitrogens with one attached hydrogen (secondary N) is 1. The zero-order chi connectivity index (χ0) is 25.0. The quantitative estimate of drug-likeness (QED) is 0.492. The molecule has 0 atom stereocenters. The number of ether oxygens (including phenoxy) is 1. The van der Waals surface area contributed by atoms with Crippen molar-refractivity contribution in [3.63, 3.8) is 0 Å². The van der Waals surface area contributed by atoms with Crippen molar-refractivity contribution in [1.29, 1.82) is 0 Å². The van der Waals surface area contributed by atoms with Crippen LogP contribution in [-0.4, -0.2) is 55.8 Å². The van der Waals surface area contributed by atoms with Gasteiger partial charge in [-0.15, -0.1) is 0 Å². The van der Waals surface area contributed by atoms with Crippen molar-refractivity contribution in [3.8, 4) is 0 Å². The summed E-state index contributed by atoms with van der Waals surface area (Å²) in [5.41, 5.74) is 1.41. The Morgan fingerprint density at radius 2 is 1.79 bits per heavy atom. The molecular formula is C22H24N4O6S2. The smallest absolute Gasteiger partial charge is 0.326 e. The predicted octanol–water partition coefficient (Wildman–Crippen LogP) is 2.22. The van der Waals surface area contributed by atoms with Crippen LogP contribution in [0.25, 0.3) is 10.2 Å². The molecule has 0 saturated heterocycles. The van der Waals surface area contributed by atoms with E-state index < -0.39 is 21.9 Å². The number of hydrogen-bond acceptors (Lipinski definition) is 7. The molecule has 0 radical (unpaired) electrons. The molecule has 10 nitrogen and oxygen atoms in total. The van der Waals surface area contributed by atoms with Crippen molar-refractivity contribution < 1.29 is 27.5 Å². The second-order valence-corrected chi connectivity index (χ2v) is 10.5. The zero-order valence-corrected chi connectivity index (χ0v) is 20.7. The molecule has 0 saturated carbocycles. The Bertz CT molecular complexity index is 1420. The van der Waals surface area contributed by atoms with Crippen molar-refractivity contribution in [2.75, 3.05) is 26.0 Å². The molecule has 180 valence electrons. The Balaban J connectivity index is 2.05. The van der Waals surface area contributed by atoms with Crippen LogP contribution in [0.5, 0.6) is 0 Å². The maximum absolute atomic E-state index is 12.9. The molecule has 1 aromatic heterocycles. The van der Waals surface area contributed by atoms with E-state index in [1.807, 2.05) is 0 Å². The van der Waals surface area contributed by atoms with Gasteiger partial charge in [-0.2, -0.15) is 4.99 Å². The van der Waals surface area contributed by atoms with Gasteiger partial charge in [-0.1, -0.05) is 11.3 Å². The van der Waals surface area contributed by atoms with Crippen LogP contribution in [0.3, 0.4) is 0 Å². The maximum Gasteiger partial charge on any atom is 0.326 e. The van der Waals surface area contributed by atoms with Gasteiger partial charge in [0.25, 0.3) is 5.91 Å². The molecule has 0 fully saturated rings. The second kappa shape index (κ2) is 10.3. The van der Waals surface area contributed by atoms with Gasteiger partial charge < -0.3 is 14.6 Å². The lowest BCUT2D eigenvalue weighted by atomic mass is 10.2. The summed E-state index contributed by atoms with van der Waals surface area (Å²) in [7, 11) is -0.783. The Morgan fingerprint density at radius 1 is 1.12 bits per heavy atom. The first-order valence-electron chi connectivity index (χ1n) is 10.2. The molecule has 3 aromatic rings. The van der Waals surface area contributed by atoms with Gasteiger partial charge in [-0.25, -0.2) is 12.7 Å². The number of nitrogens with zero attached hydrogens (tertiary/aromatic N) is 3. The molecule has 3 rings (SSSR count). The Hall–Kier alpha value is -3.35. The fourth-order valence-electron chi connectivity index (χ4n) is 3.06. The molecule has 2 amide bonds. The van der Waals surface area contributed by atoms with Crippen molar-refractivity contribution in [2.45, 2.75) is 25.3 Å². The zero-order valence-electron chi connectivity index (χ0n) is 19.1. The summed E-state index contributed by atoms with van der Waals surface area (Å²) in [6.07, 6.45) is 0. The molecule has 0 aliphatic heterocycles. The van der Waals surface area contributed by atoms with Gasteiger partial charge >= 0.3 is 5.97 Å². The summed E-state index contributed by atoms with van der Waals surface area (Å²) in [6.45, 7) is 3.15. The third-order valence-electron chi connectivity index (χ3n) is 4.67. The van der Waals surface area contributed by atoms with Gasteiger partial charge in [0.2, 0.25) is 15.9 Å². The molecule has 0 unspecified atom stereocenters. The van der Waals surface area contributed by atoms with E-state index in [0.29, 0.717) is 15.9 Å². The van der Waals surface area contributed by atoms with Crippen molar-refractivity contribution in [2.24, 2.45) is 4.99 Å². The molecule has 1 N–H and O–H groups in total. The number of hydrogen-bond donors (Lipinski definition) is 1. The second-order valence-electron chi connectivity index (χ2n) is 7.37. The molecule has 0 bridgehead atoms. The number of thiazole rings is 1. The van der Waals surface area contributed by atoms with Crippen molar-refractivity contribution in [3.05, 3.63) is 52.8 Å². The average Bonchev–Trinajstić information content (AvgIpc) is 3.09. The van der Waals surface area contributed by atoms with Crippen LogP contribution < -0.4 is 10.1 Å². The largest absolute Gasteiger partial charge is 0.465 e. The minimum absolute atomic E-state index is 0.0544. The van der Waals surface area contributed by atoms with Gasteiger partial charge in [-0.05, 0) is 49.4 Å². The highest BCUT2D eigenvalue weighted by Gasteiger charge is 2.18. The molecule has 1 heterocycles. The summed E-state index contributed by atoms with van der Waals surface area (Å²) in [4.78, 5) is 40.9. The highest BCUT2D eigenvalue weighted by atomic mass is 32.2. The van der Waals surface area contributed by atoms with E-state index in [-0.39, 0.29) is 34.3 Å². The topological polar surface area (TPSA) is 127 Å². The molecular weight excluding hydrogens is 480 g/mol. The van der Waals surface area contributed by atoms with E-state index in [1.165, 1.54) is 56.6 Å². The number of carbonyl (C=O) groups is 3. The summed E-state index contributed by atoms with van der Waals surface area (Å²) < 4.78 is 32.9. The summed E-state index contributed by atoms with van der Waals surface area (Å²) in [6, 6.07) is 10.6. The van der Waals surface area contributed by atoms with Crippen molar-refractivity contribution >= 4 is 55.0 Å². The molecule has 12 heteroatoms. The number of fused-ring (bicyclic) bond motifs is 1. The first kappa shape index (κ1) is 25.3. The van der Waals surface area contributed by atoms with Gasteiger partial charge in [0.15, 0.2) is 4.80 Å². The summed E-state index contributed by atoms with van der Waals surface area (Å²) in [5, 5.41) is 2.70. The number of sulfonamides is 1. The molecule has 0 spiro atoms. The molecule has 0 aliphatic carbocycles. The van der Waals surface area contributed by atoms with E-state index in [4.69, 9.17) is 4.74 Å². The van der Waals surface area contributed by atoms with Crippen LogP contribution in [0.15, 0.2) is 52.4 Å². The minimum atomic E-state index is -3.63. The fraction of sp³-hybridized carbons (Fsp3) is 0.273. The molecule has 34 heavy (non-hydrogen) atoms. The van der Waals surface area contributed by atoms with E-state index in [9.17, 15) is 22.8 Å². The number of carbonyl (C=O) groups excluding carboxylic acids is 3. The number of aromatic nitrogens is 1. The molecule has 0 aliphatic rings. The standard InChI is InChI=1S/C22H24N4O6S2/c1-5-32-20(28)13-26-18-11-8-16(23-14(2)27)12-19(18)33-22(26)24-21(29)15-6-9-17(10-7-15)34(30,31)25(3)4/h6-12H,5,13H2,1-4H3,(H,23,27). The lowest BCUT2D eigenvalue weighted by Gasteiger charge is -2.11. The van der Waals surface area contributed by atoms with E-state index >= 15 is 0 Å². The molecule has 2 aromatic carbocycles. The number of amides is 2. The van der Waals surface area contributed by atoms with Crippen molar-refractivity contribution in [1.82, 2.24) is 8.87 Å². The number of anilines is 1. The van der Waals surface area contributed by atoms with Gasteiger partial charge in [0.1, 0.15) is 6.54 Å². The lowest BCUT2D eigenvalue weighted by Crippen LogP contribution is -2.23. The first-order chi connectivity index (χ1) is 16.0. The van der Waals surface area contributed by atoms with Crippen LogP contribution in [-0.2, 0) is 30.9 Å². The van der Waals surface area contributed by atoms with Crippen LogP contribution in [0, 0.1) is 0 Å². The summed E-state index contributed by atoms with van der Waals surface area (Å²) >= 11 is 1.17. The van der Waals surface area contributed by atoms with Crippen LogP contribution in [0.1, 0.15) is 24.2 Å². The third kappa shape index (κ3) is 5.58. The third-order valence-corrected chi connectivity index (χ3v) is 7.54. The maximum atomic E-state index is 12.9. The predicted molar refractivity (Wildman–Crippen MR) is 128 cm³/mol. The average molecular weight is 505 g/mol. The Labute approximate surface area is 200 Å². The lowest BCUT2D eigenvalue weighted by molar-refractivity contribution is -0.143. The minimum Gasteiger partial charge on any atom is -0.465 e. The van der Waals surface area contributed by atoms with Gasteiger partial charge in [0.05, 0.1) is 21.7 Å². The monoisotopic (exact) mass is 504 g/mol. The van der Waals surface area contributed by atoms with Gasteiger partial charge in [-0.3, -0.25) is 14.4 Å². The SMILES string of the molecule is CCOC(=O)Cn1c(=NC(=O)c2ccc(S(=O)(=O)N(C)C)cc2)sc2cc(NC(C)=O)ccc21. The Morgan fingerprint density at radius 3 is 2.38 bits per heavy atom. The Kier molecular flexibility index (Phi) is 7.64. The number of esters is 1. The van der Waals surface area contributed by atoms with Crippen LogP contribution in [0.4, 0.5) is 5.69 Å². The van der Waals surface area contributed by atoms with Crippen LogP contribution in [0.2, 0.25) is 0 Å². The van der Waals surface area contributed by atoms with Gasteiger partial charge in [0, 0.05) is 32.3 Å². The van der Waals surface area contributed by atoms with E-state index in [2.05, 4.69) is 10.3 Å². The normalized spacial score (nSPS) is 12.2.